The van der Waals surface area contributed by atoms with Crippen molar-refractivity contribution in [1.29, 1.82) is 0 Å². The summed E-state index contributed by atoms with van der Waals surface area (Å²) in [5.41, 5.74) is 5.22. The maximum atomic E-state index is 11.7. The maximum absolute atomic E-state index is 11.7. The molecule has 0 radical (unpaired) electrons. The SMILES string of the molecule is O=C(O)C(F)(F)F.O=C(O)c1cccc(C#CCNc2ccc3nc[nH]c3c2)c1-c1ccccc1. The number of imidazole rings is 1. The number of nitrogens with one attached hydrogen (secondary N) is 2. The van der Waals surface area contributed by atoms with E-state index in [4.69, 9.17) is 9.90 Å². The number of carboxylic acid groups (broad SMARTS) is 2. The van der Waals surface area contributed by atoms with E-state index in [1.807, 2.05) is 54.6 Å². The average Bonchev–Trinajstić information content (AvgIpc) is 3.30. The summed E-state index contributed by atoms with van der Waals surface area (Å²) in [6.07, 6.45) is -3.42. The number of nitrogens with zero attached hydrogens (tertiary/aromatic N) is 1. The summed E-state index contributed by atoms with van der Waals surface area (Å²) in [5, 5.41) is 20.0. The molecule has 178 valence electrons. The molecule has 0 saturated heterocycles. The lowest BCUT2D eigenvalue weighted by Gasteiger charge is -2.09. The first-order valence-corrected chi connectivity index (χ1v) is 10.0. The number of alkyl halides is 3. The van der Waals surface area contributed by atoms with E-state index in [-0.39, 0.29) is 5.56 Å². The first kappa shape index (κ1) is 24.9. The minimum atomic E-state index is -5.08. The third kappa shape index (κ3) is 6.61. The molecule has 0 amide bonds. The lowest BCUT2D eigenvalue weighted by Crippen LogP contribution is -2.21. The van der Waals surface area contributed by atoms with Crippen LogP contribution < -0.4 is 5.32 Å². The van der Waals surface area contributed by atoms with Crippen LogP contribution in [0.3, 0.4) is 0 Å². The van der Waals surface area contributed by atoms with Gasteiger partial charge < -0.3 is 20.5 Å². The van der Waals surface area contributed by atoms with Crippen LogP contribution in [0.25, 0.3) is 22.2 Å². The van der Waals surface area contributed by atoms with Gasteiger partial charge in [0.05, 0.1) is 29.5 Å². The quantitative estimate of drug-likeness (QED) is 0.304. The number of halogens is 3. The smallest absolute Gasteiger partial charge is 0.478 e. The van der Waals surface area contributed by atoms with E-state index >= 15 is 0 Å². The third-order valence-electron chi connectivity index (χ3n) is 4.62. The fraction of sp³-hybridized carbons (Fsp3) is 0.0800. The van der Waals surface area contributed by atoms with Gasteiger partial charge in [-0.15, -0.1) is 0 Å². The molecule has 3 aromatic carbocycles. The van der Waals surface area contributed by atoms with Crippen LogP contribution in [-0.4, -0.2) is 44.8 Å². The fourth-order valence-corrected chi connectivity index (χ4v) is 3.08. The molecule has 4 rings (SSSR count). The number of anilines is 1. The van der Waals surface area contributed by atoms with E-state index in [9.17, 15) is 23.1 Å². The Kier molecular flexibility index (Phi) is 7.74. The molecule has 4 aromatic rings. The minimum Gasteiger partial charge on any atom is -0.478 e. The number of aliphatic carboxylic acids is 1. The summed E-state index contributed by atoms with van der Waals surface area (Å²) in [4.78, 5) is 27.8. The molecule has 0 aliphatic carbocycles. The zero-order chi connectivity index (χ0) is 25.4. The predicted molar refractivity (Wildman–Crippen MR) is 124 cm³/mol. The first-order valence-electron chi connectivity index (χ1n) is 10.0. The number of aromatic nitrogens is 2. The van der Waals surface area contributed by atoms with Gasteiger partial charge in [0, 0.05) is 16.8 Å². The molecule has 35 heavy (non-hydrogen) atoms. The van der Waals surface area contributed by atoms with Gasteiger partial charge in [0.2, 0.25) is 0 Å². The lowest BCUT2D eigenvalue weighted by molar-refractivity contribution is -0.192. The van der Waals surface area contributed by atoms with E-state index in [0.717, 1.165) is 22.3 Å². The van der Waals surface area contributed by atoms with E-state index in [1.165, 1.54) is 0 Å². The Morgan fingerprint density at radius 1 is 1.00 bits per heavy atom. The summed E-state index contributed by atoms with van der Waals surface area (Å²) in [6.45, 7) is 0.436. The Labute approximate surface area is 197 Å². The fourth-order valence-electron chi connectivity index (χ4n) is 3.08. The lowest BCUT2D eigenvalue weighted by atomic mass is 9.94. The summed E-state index contributed by atoms with van der Waals surface area (Å²) in [5.74, 6) is 2.48. The second-order valence-electron chi connectivity index (χ2n) is 6.99. The van der Waals surface area contributed by atoms with Gasteiger partial charge in [-0.3, -0.25) is 0 Å². The van der Waals surface area contributed by atoms with Crippen molar-refractivity contribution in [3.63, 3.8) is 0 Å². The van der Waals surface area contributed by atoms with Crippen LogP contribution in [0.1, 0.15) is 15.9 Å². The van der Waals surface area contributed by atoms with Crippen LogP contribution in [0, 0.1) is 11.8 Å². The molecule has 0 atom stereocenters. The molecular formula is C25H18F3N3O4. The number of rotatable bonds is 4. The van der Waals surface area contributed by atoms with Crippen LogP contribution in [-0.2, 0) is 4.79 Å². The number of carboxylic acids is 2. The van der Waals surface area contributed by atoms with Crippen LogP contribution in [0.2, 0.25) is 0 Å². The van der Waals surface area contributed by atoms with Crippen LogP contribution in [0.5, 0.6) is 0 Å². The van der Waals surface area contributed by atoms with Gasteiger partial charge in [0.25, 0.3) is 0 Å². The summed E-state index contributed by atoms with van der Waals surface area (Å²) in [7, 11) is 0. The zero-order valence-electron chi connectivity index (χ0n) is 17.9. The molecule has 0 aliphatic heterocycles. The number of H-pyrrole nitrogens is 1. The van der Waals surface area contributed by atoms with Gasteiger partial charge in [-0.2, -0.15) is 13.2 Å². The van der Waals surface area contributed by atoms with Gasteiger partial charge in [-0.05, 0) is 35.9 Å². The highest BCUT2D eigenvalue weighted by molar-refractivity contribution is 5.97. The Hall–Kier alpha value is -4.78. The number of hydrogen-bond donors (Lipinski definition) is 4. The van der Waals surface area contributed by atoms with Crippen molar-refractivity contribution < 1.29 is 33.0 Å². The van der Waals surface area contributed by atoms with Crippen LogP contribution >= 0.6 is 0 Å². The zero-order valence-corrected chi connectivity index (χ0v) is 17.9. The summed E-state index contributed by atoms with van der Waals surface area (Å²) in [6, 6.07) is 20.5. The second kappa shape index (κ2) is 10.9. The van der Waals surface area contributed by atoms with Crippen LogP contribution in [0.15, 0.2) is 73.1 Å². The average molecular weight is 481 g/mol. The first-order chi connectivity index (χ1) is 16.7. The third-order valence-corrected chi connectivity index (χ3v) is 4.62. The Morgan fingerprint density at radius 3 is 2.37 bits per heavy atom. The normalized spacial score (nSPS) is 10.5. The minimum absolute atomic E-state index is 0.246. The number of carbonyl (C=O) groups is 2. The van der Waals surface area contributed by atoms with Crippen molar-refractivity contribution in [1.82, 2.24) is 9.97 Å². The maximum Gasteiger partial charge on any atom is 0.490 e. The predicted octanol–water partition coefficient (Wildman–Crippen LogP) is 5.03. The molecule has 7 nitrogen and oxygen atoms in total. The molecule has 0 saturated carbocycles. The molecule has 4 N–H and O–H groups in total. The highest BCUT2D eigenvalue weighted by Crippen LogP contribution is 2.27. The van der Waals surface area contributed by atoms with Gasteiger partial charge >= 0.3 is 18.1 Å². The van der Waals surface area contributed by atoms with Crippen molar-refractivity contribution in [2.45, 2.75) is 6.18 Å². The molecule has 1 aromatic heterocycles. The standard InChI is InChI=1S/C23H17N3O2.C2HF3O2/c27-23(28)19-10-4-8-17(22(19)16-6-2-1-3-7-16)9-5-13-24-18-11-12-20-21(14-18)26-15-25-20;3-2(4,5)1(6)7/h1-4,6-8,10-12,14-15,24H,13H2,(H,25,26)(H,27,28);(H,6,7). The van der Waals surface area contributed by atoms with Crippen molar-refractivity contribution >= 4 is 28.7 Å². The monoisotopic (exact) mass is 481 g/mol. The summed E-state index contributed by atoms with van der Waals surface area (Å²) >= 11 is 0. The largest absolute Gasteiger partial charge is 0.490 e. The van der Waals surface area contributed by atoms with E-state index in [1.54, 1.807) is 18.5 Å². The van der Waals surface area contributed by atoms with Crippen molar-refractivity contribution in [3.8, 4) is 23.0 Å². The molecule has 0 fully saturated rings. The van der Waals surface area contributed by atoms with Gasteiger partial charge in [-0.1, -0.05) is 48.2 Å². The topological polar surface area (TPSA) is 115 Å². The van der Waals surface area contributed by atoms with Gasteiger partial charge in [0.1, 0.15) is 0 Å². The molecule has 0 bridgehead atoms. The molecule has 1 heterocycles. The molecule has 0 spiro atoms. The van der Waals surface area contributed by atoms with Crippen molar-refractivity contribution in [3.05, 3.63) is 84.2 Å². The van der Waals surface area contributed by atoms with E-state index in [2.05, 4.69) is 27.1 Å². The van der Waals surface area contributed by atoms with Gasteiger partial charge in [-0.25, -0.2) is 14.6 Å². The number of aromatic carboxylic acids is 1. The number of hydrogen-bond acceptors (Lipinski definition) is 4. The highest BCUT2D eigenvalue weighted by Gasteiger charge is 2.38. The van der Waals surface area contributed by atoms with Gasteiger partial charge in [0.15, 0.2) is 0 Å². The molecule has 0 unspecified atom stereocenters. The highest BCUT2D eigenvalue weighted by atomic mass is 19.4. The van der Waals surface area contributed by atoms with E-state index in [0.29, 0.717) is 17.7 Å². The molecule has 10 heteroatoms. The molecular weight excluding hydrogens is 463 g/mol. The second-order valence-corrected chi connectivity index (χ2v) is 6.99. The Morgan fingerprint density at radius 2 is 1.71 bits per heavy atom. The van der Waals surface area contributed by atoms with Crippen molar-refractivity contribution in [2.24, 2.45) is 0 Å². The Bertz CT molecular complexity index is 1400. The van der Waals surface area contributed by atoms with Crippen molar-refractivity contribution in [2.75, 3.05) is 11.9 Å². The number of benzene rings is 3. The summed E-state index contributed by atoms with van der Waals surface area (Å²) < 4.78 is 31.7. The molecule has 0 aliphatic rings. The number of aromatic amines is 1. The van der Waals surface area contributed by atoms with E-state index < -0.39 is 18.1 Å². The Balaban J connectivity index is 0.000000429. The van der Waals surface area contributed by atoms with Crippen LogP contribution in [0.4, 0.5) is 18.9 Å². The number of fused-ring (bicyclic) bond motifs is 1.